The lowest BCUT2D eigenvalue weighted by Gasteiger charge is -2.07. The van der Waals surface area contributed by atoms with Crippen LogP contribution in [0, 0.1) is 0 Å². The number of rotatable bonds is 5. The zero-order valence-corrected chi connectivity index (χ0v) is 12.5. The van der Waals surface area contributed by atoms with E-state index in [2.05, 4.69) is 15.6 Å². The van der Waals surface area contributed by atoms with Crippen LogP contribution < -0.4 is 10.6 Å². The monoisotopic (exact) mass is 305 g/mol. The Kier molecular flexibility index (Phi) is 4.89. The highest BCUT2D eigenvalue weighted by Crippen LogP contribution is 2.23. The zero-order valence-electron chi connectivity index (χ0n) is 11.7. The molecule has 21 heavy (non-hydrogen) atoms. The van der Waals surface area contributed by atoms with Crippen molar-refractivity contribution in [3.05, 3.63) is 45.9 Å². The molecular weight excluding hydrogens is 290 g/mol. The quantitative estimate of drug-likeness (QED) is 0.825. The Hall–Kier alpha value is -2.41. The molecule has 2 aromatic rings. The first kappa shape index (κ1) is 15.0. The molecule has 0 saturated carbocycles. The van der Waals surface area contributed by atoms with Crippen molar-refractivity contribution in [1.82, 2.24) is 10.3 Å². The summed E-state index contributed by atoms with van der Waals surface area (Å²) in [5.41, 5.74) is 1.96. The number of amides is 1. The van der Waals surface area contributed by atoms with Crippen LogP contribution >= 0.6 is 11.3 Å². The van der Waals surface area contributed by atoms with Gasteiger partial charge in [-0.1, -0.05) is 0 Å². The molecule has 6 nitrogen and oxygen atoms in total. The second-order valence-corrected chi connectivity index (χ2v) is 5.05. The van der Waals surface area contributed by atoms with Crippen molar-refractivity contribution in [3.8, 4) is 0 Å². The van der Waals surface area contributed by atoms with Gasteiger partial charge in [0.1, 0.15) is 10.6 Å². The molecule has 0 atom stereocenters. The molecular formula is C14H15N3O3S. The highest BCUT2D eigenvalue weighted by molar-refractivity contribution is 7.12. The van der Waals surface area contributed by atoms with E-state index in [1.54, 1.807) is 19.3 Å². The molecule has 0 aliphatic rings. The third kappa shape index (κ3) is 3.57. The number of thiophene rings is 1. The molecule has 1 amide bonds. The van der Waals surface area contributed by atoms with Crippen molar-refractivity contribution in [2.24, 2.45) is 0 Å². The van der Waals surface area contributed by atoms with Crippen molar-refractivity contribution in [3.63, 3.8) is 0 Å². The smallest absolute Gasteiger partial charge is 0.350 e. The number of hydrogen-bond acceptors (Lipinski definition) is 6. The summed E-state index contributed by atoms with van der Waals surface area (Å²) in [6, 6.07) is 5.33. The summed E-state index contributed by atoms with van der Waals surface area (Å²) in [5, 5.41) is 7.50. The molecule has 0 aromatic carbocycles. The maximum absolute atomic E-state index is 11.6. The fourth-order valence-corrected chi connectivity index (χ4v) is 2.52. The number of aromatic nitrogens is 1. The highest BCUT2D eigenvalue weighted by Gasteiger charge is 2.13. The van der Waals surface area contributed by atoms with Gasteiger partial charge in [-0.3, -0.25) is 9.78 Å². The molecule has 0 bridgehead atoms. The number of nitrogens with one attached hydrogen (secondary N) is 2. The molecule has 110 valence electrons. The van der Waals surface area contributed by atoms with Crippen LogP contribution in [0.1, 0.15) is 25.7 Å². The number of hydrogen-bond donors (Lipinski definition) is 2. The minimum Gasteiger partial charge on any atom is -0.465 e. The first-order valence-electron chi connectivity index (χ1n) is 6.22. The molecule has 0 fully saturated rings. The van der Waals surface area contributed by atoms with Crippen LogP contribution in [0.25, 0.3) is 0 Å². The molecule has 0 spiro atoms. The van der Waals surface area contributed by atoms with E-state index in [1.165, 1.54) is 18.4 Å². The Bertz CT molecular complexity index is 654. The van der Waals surface area contributed by atoms with E-state index in [-0.39, 0.29) is 11.9 Å². The van der Waals surface area contributed by atoms with Crippen LogP contribution in [0.2, 0.25) is 0 Å². The van der Waals surface area contributed by atoms with Crippen molar-refractivity contribution in [2.45, 2.75) is 6.54 Å². The largest absolute Gasteiger partial charge is 0.465 e. The highest BCUT2D eigenvalue weighted by atomic mass is 32.1. The fraction of sp³-hybridized carbons (Fsp3) is 0.214. The van der Waals surface area contributed by atoms with Crippen LogP contribution in [0.15, 0.2) is 29.8 Å². The number of esters is 1. The van der Waals surface area contributed by atoms with E-state index < -0.39 is 0 Å². The summed E-state index contributed by atoms with van der Waals surface area (Å²) in [5.74, 6) is -0.601. The number of nitrogens with zero attached hydrogens (tertiary/aromatic N) is 1. The second kappa shape index (κ2) is 6.85. The molecule has 0 aliphatic heterocycles. The molecule has 7 heteroatoms. The number of methoxy groups -OCH3 is 1. The fourth-order valence-electron chi connectivity index (χ4n) is 1.73. The van der Waals surface area contributed by atoms with Gasteiger partial charge in [0, 0.05) is 19.8 Å². The third-order valence-corrected chi connectivity index (χ3v) is 3.70. The Morgan fingerprint density at radius 1 is 1.38 bits per heavy atom. The van der Waals surface area contributed by atoms with Crippen LogP contribution in [-0.4, -0.2) is 31.0 Å². The van der Waals surface area contributed by atoms with Gasteiger partial charge >= 0.3 is 5.97 Å². The number of carbonyl (C=O) groups excluding carboxylic acids is 2. The van der Waals surface area contributed by atoms with Crippen LogP contribution in [-0.2, 0) is 11.3 Å². The molecule has 0 radical (unpaired) electrons. The minimum absolute atomic E-state index is 0.234. The van der Waals surface area contributed by atoms with Gasteiger partial charge in [-0.2, -0.15) is 0 Å². The van der Waals surface area contributed by atoms with E-state index in [1.807, 2.05) is 17.5 Å². The predicted octanol–water partition coefficient (Wildman–Crippen LogP) is 1.90. The third-order valence-electron chi connectivity index (χ3n) is 2.80. The van der Waals surface area contributed by atoms with Crippen molar-refractivity contribution < 1.29 is 14.3 Å². The normalized spacial score (nSPS) is 10.0. The van der Waals surface area contributed by atoms with Crippen LogP contribution in [0.4, 0.5) is 5.69 Å². The number of anilines is 1. The maximum Gasteiger partial charge on any atom is 0.350 e. The van der Waals surface area contributed by atoms with Gasteiger partial charge in [-0.15, -0.1) is 11.3 Å². The lowest BCUT2D eigenvalue weighted by molar-refractivity contribution is 0.0607. The first-order chi connectivity index (χ1) is 10.2. The van der Waals surface area contributed by atoms with Crippen LogP contribution in [0.5, 0.6) is 0 Å². The lowest BCUT2D eigenvalue weighted by Crippen LogP contribution is -2.19. The van der Waals surface area contributed by atoms with Gasteiger partial charge in [0.25, 0.3) is 5.91 Å². The summed E-state index contributed by atoms with van der Waals surface area (Å²) < 4.78 is 4.72. The topological polar surface area (TPSA) is 80.3 Å². The summed E-state index contributed by atoms with van der Waals surface area (Å²) in [6.45, 7) is 0.479. The predicted molar refractivity (Wildman–Crippen MR) is 80.6 cm³/mol. The Morgan fingerprint density at radius 3 is 2.90 bits per heavy atom. The average Bonchev–Trinajstić information content (AvgIpc) is 3.00. The maximum atomic E-state index is 11.6. The Balaban J connectivity index is 2.08. The summed E-state index contributed by atoms with van der Waals surface area (Å²) in [4.78, 5) is 27.6. The Morgan fingerprint density at radius 2 is 2.19 bits per heavy atom. The average molecular weight is 305 g/mol. The molecule has 2 heterocycles. The lowest BCUT2D eigenvalue weighted by atomic mass is 10.2. The van der Waals surface area contributed by atoms with Gasteiger partial charge in [-0.05, 0) is 29.1 Å². The van der Waals surface area contributed by atoms with Crippen LogP contribution in [0.3, 0.4) is 0 Å². The van der Waals surface area contributed by atoms with Crippen molar-refractivity contribution in [2.75, 3.05) is 19.5 Å². The Labute approximate surface area is 126 Å². The van der Waals surface area contributed by atoms with E-state index in [0.717, 1.165) is 5.56 Å². The molecule has 0 unspecified atom stereocenters. The molecule has 2 rings (SSSR count). The van der Waals surface area contributed by atoms with E-state index in [9.17, 15) is 9.59 Å². The van der Waals surface area contributed by atoms with Gasteiger partial charge < -0.3 is 15.4 Å². The van der Waals surface area contributed by atoms with E-state index >= 15 is 0 Å². The number of carbonyl (C=O) groups is 2. The molecule has 2 aromatic heterocycles. The number of pyridine rings is 1. The molecule has 0 aliphatic carbocycles. The summed E-state index contributed by atoms with van der Waals surface area (Å²) >= 11 is 1.32. The second-order valence-electron chi connectivity index (χ2n) is 4.14. The van der Waals surface area contributed by atoms with Gasteiger partial charge in [-0.25, -0.2) is 4.79 Å². The first-order valence-corrected chi connectivity index (χ1v) is 7.10. The van der Waals surface area contributed by atoms with E-state index in [0.29, 0.717) is 22.8 Å². The molecule has 0 saturated heterocycles. The zero-order chi connectivity index (χ0) is 15.2. The van der Waals surface area contributed by atoms with Gasteiger partial charge in [0.05, 0.1) is 12.8 Å². The van der Waals surface area contributed by atoms with E-state index in [4.69, 9.17) is 4.74 Å². The van der Waals surface area contributed by atoms with Crippen molar-refractivity contribution in [1.29, 1.82) is 0 Å². The van der Waals surface area contributed by atoms with Gasteiger partial charge in [0.15, 0.2) is 0 Å². The summed E-state index contributed by atoms with van der Waals surface area (Å²) in [6.07, 6.45) is 1.58. The minimum atomic E-state index is -0.367. The SMILES string of the molecule is CNC(=O)c1cc(CNc2ccsc2C(=O)OC)ccn1. The van der Waals surface area contributed by atoms with Crippen molar-refractivity contribution >= 4 is 28.9 Å². The standard InChI is InChI=1S/C14H15N3O3S/c1-15-13(18)11-7-9(3-5-16-11)8-17-10-4-6-21-12(10)14(19)20-2/h3-7,17H,8H2,1-2H3,(H,15,18). The summed E-state index contributed by atoms with van der Waals surface area (Å²) in [7, 11) is 2.91. The van der Waals surface area contributed by atoms with Gasteiger partial charge in [0.2, 0.25) is 0 Å². The number of ether oxygens (including phenoxy) is 1. The molecule has 2 N–H and O–H groups in total.